The molecule has 16 heavy (non-hydrogen) atoms. The van der Waals surface area contributed by atoms with Gasteiger partial charge in [-0.25, -0.2) is 0 Å². The second-order valence-corrected chi connectivity index (χ2v) is 5.98. The zero-order chi connectivity index (χ0) is 12.3. The Bertz CT molecular complexity index is 143. The highest BCUT2D eigenvalue weighted by Crippen LogP contribution is 2.17. The lowest BCUT2D eigenvalue weighted by molar-refractivity contribution is 0.0706. The molecule has 2 N–H and O–H groups in total. The first-order valence-electron chi connectivity index (χ1n) is 5.98. The van der Waals surface area contributed by atoms with Gasteiger partial charge in [0.1, 0.15) is 0 Å². The summed E-state index contributed by atoms with van der Waals surface area (Å²) >= 11 is 0. The standard InChI is InChI=1S/C10H25NO4Si/c1-4-13-16(14-5-2,15-6-3)9-7-8-11-10-12/h11-12H,4-10H2,1-3H3. The van der Waals surface area contributed by atoms with Crippen molar-refractivity contribution in [3.63, 3.8) is 0 Å². The smallest absolute Gasteiger partial charge is 0.381 e. The van der Waals surface area contributed by atoms with Gasteiger partial charge in [0.15, 0.2) is 0 Å². The average Bonchev–Trinajstić information content (AvgIpc) is 2.26. The second kappa shape index (κ2) is 10.2. The summed E-state index contributed by atoms with van der Waals surface area (Å²) in [5.41, 5.74) is 0. The SMILES string of the molecule is CCO[Si](CCCNCO)(OCC)OCC. The van der Waals surface area contributed by atoms with Crippen LogP contribution >= 0.6 is 0 Å². The van der Waals surface area contributed by atoms with Crippen LogP contribution in [-0.2, 0) is 13.3 Å². The van der Waals surface area contributed by atoms with Gasteiger partial charge in [0.05, 0.1) is 6.73 Å². The number of hydrogen-bond acceptors (Lipinski definition) is 5. The van der Waals surface area contributed by atoms with Crippen LogP contribution in [0.5, 0.6) is 0 Å². The van der Waals surface area contributed by atoms with E-state index in [2.05, 4.69) is 5.32 Å². The Morgan fingerprint density at radius 2 is 1.50 bits per heavy atom. The van der Waals surface area contributed by atoms with Crippen molar-refractivity contribution in [1.82, 2.24) is 5.32 Å². The first-order valence-corrected chi connectivity index (χ1v) is 7.91. The molecule has 0 aromatic heterocycles. The van der Waals surface area contributed by atoms with Crippen LogP contribution in [0.15, 0.2) is 0 Å². The molecule has 0 unspecified atom stereocenters. The minimum Gasteiger partial charge on any atom is -0.381 e. The van der Waals surface area contributed by atoms with E-state index >= 15 is 0 Å². The molecule has 0 fully saturated rings. The van der Waals surface area contributed by atoms with Crippen LogP contribution in [0.3, 0.4) is 0 Å². The first kappa shape index (κ1) is 16.0. The van der Waals surface area contributed by atoms with Gasteiger partial charge in [0, 0.05) is 25.9 Å². The fourth-order valence-corrected chi connectivity index (χ4v) is 4.12. The summed E-state index contributed by atoms with van der Waals surface area (Å²) in [6, 6.07) is 0.787. The van der Waals surface area contributed by atoms with E-state index in [1.54, 1.807) is 0 Å². The van der Waals surface area contributed by atoms with Gasteiger partial charge < -0.3 is 18.4 Å². The molecular formula is C10H25NO4Si. The van der Waals surface area contributed by atoms with Crippen molar-refractivity contribution >= 4 is 8.80 Å². The lowest BCUT2D eigenvalue weighted by Crippen LogP contribution is -2.46. The van der Waals surface area contributed by atoms with E-state index in [0.29, 0.717) is 19.8 Å². The minimum absolute atomic E-state index is 0.00641. The molecule has 0 bridgehead atoms. The van der Waals surface area contributed by atoms with Gasteiger partial charge in [0.25, 0.3) is 0 Å². The number of aliphatic hydroxyl groups is 1. The molecule has 0 aromatic carbocycles. The van der Waals surface area contributed by atoms with Crippen LogP contribution in [0.25, 0.3) is 0 Å². The minimum atomic E-state index is -2.47. The van der Waals surface area contributed by atoms with Crippen molar-refractivity contribution in [2.75, 3.05) is 33.1 Å². The van der Waals surface area contributed by atoms with Gasteiger partial charge in [-0.3, -0.25) is 5.32 Å². The average molecular weight is 251 g/mol. The molecule has 0 atom stereocenters. The molecule has 0 radical (unpaired) electrons. The van der Waals surface area contributed by atoms with Crippen LogP contribution in [0.4, 0.5) is 0 Å². The Morgan fingerprint density at radius 1 is 1.00 bits per heavy atom. The van der Waals surface area contributed by atoms with Crippen molar-refractivity contribution in [2.45, 2.75) is 33.2 Å². The predicted octanol–water partition coefficient (Wildman–Crippen LogP) is 0.964. The molecule has 0 rings (SSSR count). The molecule has 98 valence electrons. The zero-order valence-electron chi connectivity index (χ0n) is 10.6. The summed E-state index contributed by atoms with van der Waals surface area (Å²) in [6.45, 7) is 8.44. The highest BCUT2D eigenvalue weighted by Gasteiger charge is 2.39. The van der Waals surface area contributed by atoms with Crippen molar-refractivity contribution in [3.8, 4) is 0 Å². The van der Waals surface area contributed by atoms with Gasteiger partial charge in [-0.2, -0.15) is 0 Å². The summed E-state index contributed by atoms with van der Waals surface area (Å²) in [4.78, 5) is 0. The zero-order valence-corrected chi connectivity index (χ0v) is 11.6. The lowest BCUT2D eigenvalue weighted by Gasteiger charge is -2.28. The van der Waals surface area contributed by atoms with Gasteiger partial charge >= 0.3 is 8.80 Å². The van der Waals surface area contributed by atoms with Crippen molar-refractivity contribution in [1.29, 1.82) is 0 Å². The monoisotopic (exact) mass is 251 g/mol. The van der Waals surface area contributed by atoms with Gasteiger partial charge in [-0.1, -0.05) is 0 Å². The summed E-state index contributed by atoms with van der Waals surface area (Å²) in [5, 5.41) is 11.5. The number of nitrogens with one attached hydrogen (secondary N) is 1. The maximum atomic E-state index is 8.61. The Kier molecular flexibility index (Phi) is 10.2. The molecule has 6 heteroatoms. The summed E-state index contributed by atoms with van der Waals surface area (Å²) in [5.74, 6) is 0. The predicted molar refractivity (Wildman–Crippen MR) is 65.1 cm³/mol. The lowest BCUT2D eigenvalue weighted by atomic mass is 10.5. The van der Waals surface area contributed by atoms with Crippen molar-refractivity contribution in [3.05, 3.63) is 0 Å². The Hall–Kier alpha value is 0.0169. The largest absolute Gasteiger partial charge is 0.500 e. The molecule has 0 aliphatic heterocycles. The second-order valence-electron chi connectivity index (χ2n) is 3.24. The maximum Gasteiger partial charge on any atom is 0.500 e. The van der Waals surface area contributed by atoms with E-state index in [-0.39, 0.29) is 6.73 Å². The molecule has 0 saturated heterocycles. The fourth-order valence-electron chi connectivity index (χ4n) is 1.51. The summed E-state index contributed by atoms with van der Waals surface area (Å²) in [7, 11) is -2.47. The third kappa shape index (κ3) is 6.57. The quantitative estimate of drug-likeness (QED) is 0.325. The molecule has 0 aliphatic carbocycles. The Labute approximate surface area is 99.5 Å². The molecule has 5 nitrogen and oxygen atoms in total. The molecular weight excluding hydrogens is 226 g/mol. The van der Waals surface area contributed by atoms with Gasteiger partial charge in [0.2, 0.25) is 0 Å². The topological polar surface area (TPSA) is 60.0 Å². The molecule has 0 saturated carbocycles. The van der Waals surface area contributed by atoms with Crippen LogP contribution in [0.1, 0.15) is 27.2 Å². The number of aliphatic hydroxyl groups excluding tert-OH is 1. The van der Waals surface area contributed by atoms with E-state index in [9.17, 15) is 0 Å². The normalized spacial score (nSPS) is 12.0. The first-order chi connectivity index (χ1) is 7.74. The number of rotatable bonds is 11. The Balaban J connectivity index is 4.12. The summed E-state index contributed by atoms with van der Waals surface area (Å²) < 4.78 is 17.1. The Morgan fingerprint density at radius 3 is 1.88 bits per heavy atom. The molecule has 0 aromatic rings. The van der Waals surface area contributed by atoms with Crippen LogP contribution < -0.4 is 5.32 Å². The van der Waals surface area contributed by atoms with E-state index in [1.165, 1.54) is 0 Å². The third-order valence-corrected chi connectivity index (χ3v) is 5.19. The molecule has 0 spiro atoms. The van der Waals surface area contributed by atoms with E-state index in [1.807, 2.05) is 20.8 Å². The van der Waals surface area contributed by atoms with Crippen molar-refractivity contribution < 1.29 is 18.4 Å². The maximum absolute atomic E-state index is 8.61. The van der Waals surface area contributed by atoms with E-state index in [0.717, 1.165) is 19.0 Å². The number of hydrogen-bond donors (Lipinski definition) is 2. The summed E-state index contributed by atoms with van der Waals surface area (Å²) in [6.07, 6.45) is 0.882. The molecule has 0 heterocycles. The highest BCUT2D eigenvalue weighted by atomic mass is 28.4. The fraction of sp³-hybridized carbons (Fsp3) is 1.00. The van der Waals surface area contributed by atoms with E-state index in [4.69, 9.17) is 18.4 Å². The van der Waals surface area contributed by atoms with E-state index < -0.39 is 8.80 Å². The van der Waals surface area contributed by atoms with Crippen LogP contribution in [-0.4, -0.2) is 47.0 Å². The van der Waals surface area contributed by atoms with Crippen LogP contribution in [0, 0.1) is 0 Å². The van der Waals surface area contributed by atoms with Gasteiger partial charge in [-0.15, -0.1) is 0 Å². The van der Waals surface area contributed by atoms with Crippen LogP contribution in [0.2, 0.25) is 6.04 Å². The molecule has 0 aliphatic rings. The third-order valence-electron chi connectivity index (χ3n) is 2.04. The van der Waals surface area contributed by atoms with Crippen molar-refractivity contribution in [2.24, 2.45) is 0 Å². The highest BCUT2D eigenvalue weighted by molar-refractivity contribution is 6.60. The van der Waals surface area contributed by atoms with Gasteiger partial charge in [-0.05, 0) is 33.7 Å². The molecule has 0 amide bonds.